The van der Waals surface area contributed by atoms with Gasteiger partial charge in [0.25, 0.3) is 5.91 Å². The van der Waals surface area contributed by atoms with Gasteiger partial charge in [-0.25, -0.2) is 4.79 Å². The largest absolute Gasteiger partial charge is 0.323 e. The first-order valence-corrected chi connectivity index (χ1v) is 6.87. The number of nitrogens with one attached hydrogen (secondary N) is 3. The lowest BCUT2D eigenvalue weighted by atomic mass is 9.74. The van der Waals surface area contributed by atoms with Gasteiger partial charge in [0.05, 0.1) is 0 Å². The van der Waals surface area contributed by atoms with Crippen LogP contribution in [-0.2, 0) is 4.79 Å². The van der Waals surface area contributed by atoms with Gasteiger partial charge in [0.2, 0.25) is 0 Å². The van der Waals surface area contributed by atoms with Gasteiger partial charge in [-0.3, -0.25) is 10.1 Å². The van der Waals surface area contributed by atoms with E-state index in [1.165, 1.54) is 0 Å². The Labute approximate surface area is 118 Å². The van der Waals surface area contributed by atoms with E-state index in [2.05, 4.69) is 29.8 Å². The van der Waals surface area contributed by atoms with Crippen LogP contribution in [-0.4, -0.2) is 23.0 Å². The molecule has 2 aliphatic rings. The van der Waals surface area contributed by atoms with Crippen LogP contribution in [0, 0.1) is 0 Å². The van der Waals surface area contributed by atoms with Crippen molar-refractivity contribution in [2.45, 2.75) is 43.8 Å². The van der Waals surface area contributed by atoms with Gasteiger partial charge in [-0.15, -0.1) is 0 Å². The highest BCUT2D eigenvalue weighted by atomic mass is 16.2. The van der Waals surface area contributed by atoms with Crippen LogP contribution in [0.3, 0.4) is 0 Å². The van der Waals surface area contributed by atoms with Crippen molar-refractivity contribution >= 4 is 11.9 Å². The zero-order chi connectivity index (χ0) is 14.4. The van der Waals surface area contributed by atoms with E-state index in [1.54, 1.807) is 0 Å². The minimum Gasteiger partial charge on any atom is -0.323 e. The minimum atomic E-state index is -0.799. The molecule has 2 heterocycles. The van der Waals surface area contributed by atoms with Crippen LogP contribution >= 0.6 is 0 Å². The molecule has 0 radical (unpaired) electrons. The van der Waals surface area contributed by atoms with Crippen molar-refractivity contribution in [3.05, 3.63) is 35.9 Å². The SMILES string of the molecule is CC1(C)CC2(CC(c3ccccc3)N1)NC(=O)NC2=O. The zero-order valence-electron chi connectivity index (χ0n) is 11.7. The Balaban J connectivity index is 1.95. The Hall–Kier alpha value is -1.88. The molecule has 0 aromatic heterocycles. The monoisotopic (exact) mass is 273 g/mol. The smallest absolute Gasteiger partial charge is 0.322 e. The van der Waals surface area contributed by atoms with Crippen molar-refractivity contribution in [1.82, 2.24) is 16.0 Å². The van der Waals surface area contributed by atoms with Crippen LogP contribution in [0.15, 0.2) is 30.3 Å². The van der Waals surface area contributed by atoms with Crippen LogP contribution in [0.5, 0.6) is 0 Å². The van der Waals surface area contributed by atoms with E-state index in [0.717, 1.165) is 5.56 Å². The number of benzene rings is 1. The quantitative estimate of drug-likeness (QED) is 0.679. The highest BCUT2D eigenvalue weighted by Crippen LogP contribution is 2.38. The van der Waals surface area contributed by atoms with Crippen molar-refractivity contribution in [3.8, 4) is 0 Å². The van der Waals surface area contributed by atoms with Crippen LogP contribution in [0.25, 0.3) is 0 Å². The molecule has 1 aromatic rings. The molecule has 0 aliphatic carbocycles. The average Bonchev–Trinajstić information content (AvgIpc) is 2.62. The average molecular weight is 273 g/mol. The maximum absolute atomic E-state index is 12.2. The number of imide groups is 1. The standard InChI is InChI=1S/C15H19N3O2/c1-14(2)9-15(12(19)16-13(20)18-15)8-11(17-14)10-6-4-3-5-7-10/h3-7,11,17H,8-9H2,1-2H3,(H2,16,18,19,20). The number of urea groups is 1. The number of hydrogen-bond donors (Lipinski definition) is 3. The van der Waals surface area contributed by atoms with Gasteiger partial charge < -0.3 is 10.6 Å². The molecule has 2 unspecified atom stereocenters. The molecule has 3 N–H and O–H groups in total. The van der Waals surface area contributed by atoms with Gasteiger partial charge in [0.1, 0.15) is 5.54 Å². The molecular weight excluding hydrogens is 254 g/mol. The Morgan fingerprint density at radius 1 is 1.15 bits per heavy atom. The topological polar surface area (TPSA) is 70.2 Å². The summed E-state index contributed by atoms with van der Waals surface area (Å²) in [4.78, 5) is 23.7. The second-order valence-corrected chi connectivity index (χ2v) is 6.36. The predicted molar refractivity (Wildman–Crippen MR) is 75.0 cm³/mol. The van der Waals surface area contributed by atoms with Gasteiger partial charge >= 0.3 is 6.03 Å². The zero-order valence-corrected chi connectivity index (χ0v) is 11.7. The molecule has 20 heavy (non-hydrogen) atoms. The second kappa shape index (κ2) is 4.31. The van der Waals surface area contributed by atoms with E-state index in [1.807, 2.05) is 30.3 Å². The molecule has 0 saturated carbocycles. The Kier molecular flexibility index (Phi) is 2.83. The van der Waals surface area contributed by atoms with E-state index >= 15 is 0 Å². The molecule has 2 atom stereocenters. The first-order chi connectivity index (χ1) is 9.40. The van der Waals surface area contributed by atoms with Gasteiger partial charge in [-0.05, 0) is 32.3 Å². The summed E-state index contributed by atoms with van der Waals surface area (Å²) >= 11 is 0. The number of piperidine rings is 1. The first kappa shape index (κ1) is 13.1. The van der Waals surface area contributed by atoms with Crippen LogP contribution < -0.4 is 16.0 Å². The van der Waals surface area contributed by atoms with Crippen molar-refractivity contribution < 1.29 is 9.59 Å². The fourth-order valence-corrected chi connectivity index (χ4v) is 3.43. The molecule has 2 saturated heterocycles. The third kappa shape index (κ3) is 2.18. The Morgan fingerprint density at radius 3 is 2.45 bits per heavy atom. The summed E-state index contributed by atoms with van der Waals surface area (Å²) in [5.41, 5.74) is 0.105. The van der Waals surface area contributed by atoms with Gasteiger partial charge in [0.15, 0.2) is 0 Å². The Bertz CT molecular complexity index is 555. The number of rotatable bonds is 1. The number of carbonyl (C=O) groups is 2. The highest BCUT2D eigenvalue weighted by Gasteiger charge is 2.53. The van der Waals surface area contributed by atoms with E-state index < -0.39 is 5.54 Å². The van der Waals surface area contributed by atoms with Gasteiger partial charge in [0, 0.05) is 11.6 Å². The summed E-state index contributed by atoms with van der Waals surface area (Å²) in [7, 11) is 0. The fraction of sp³-hybridized carbons (Fsp3) is 0.467. The lowest BCUT2D eigenvalue weighted by Gasteiger charge is -2.46. The fourth-order valence-electron chi connectivity index (χ4n) is 3.43. The minimum absolute atomic E-state index is 0.0455. The normalized spacial score (nSPS) is 32.0. The molecule has 5 heteroatoms. The van der Waals surface area contributed by atoms with Crippen LogP contribution in [0.4, 0.5) is 4.79 Å². The Morgan fingerprint density at radius 2 is 1.85 bits per heavy atom. The summed E-state index contributed by atoms with van der Waals surface area (Å²) in [6.07, 6.45) is 1.15. The third-order valence-electron chi connectivity index (χ3n) is 4.08. The van der Waals surface area contributed by atoms with Crippen molar-refractivity contribution in [2.24, 2.45) is 0 Å². The molecule has 106 valence electrons. The molecular formula is C15H19N3O2. The maximum Gasteiger partial charge on any atom is 0.322 e. The molecule has 1 aromatic carbocycles. The summed E-state index contributed by atoms with van der Waals surface area (Å²) in [6.45, 7) is 4.11. The number of amides is 3. The van der Waals surface area contributed by atoms with Gasteiger partial charge in [-0.2, -0.15) is 0 Å². The molecule has 1 spiro atoms. The molecule has 0 bridgehead atoms. The highest BCUT2D eigenvalue weighted by molar-refractivity contribution is 6.07. The molecule has 2 fully saturated rings. The van der Waals surface area contributed by atoms with E-state index in [9.17, 15) is 9.59 Å². The predicted octanol–water partition coefficient (Wildman–Crippen LogP) is 1.47. The third-order valence-corrected chi connectivity index (χ3v) is 4.08. The van der Waals surface area contributed by atoms with E-state index in [4.69, 9.17) is 0 Å². The second-order valence-electron chi connectivity index (χ2n) is 6.36. The number of carbonyl (C=O) groups excluding carboxylic acids is 2. The van der Waals surface area contributed by atoms with Gasteiger partial charge in [-0.1, -0.05) is 30.3 Å². The summed E-state index contributed by atoms with van der Waals surface area (Å²) < 4.78 is 0. The van der Waals surface area contributed by atoms with Crippen LogP contribution in [0.2, 0.25) is 0 Å². The van der Waals surface area contributed by atoms with Crippen molar-refractivity contribution in [2.75, 3.05) is 0 Å². The lowest BCUT2D eigenvalue weighted by molar-refractivity contribution is -0.126. The van der Waals surface area contributed by atoms with Crippen LogP contribution in [0.1, 0.15) is 38.3 Å². The first-order valence-electron chi connectivity index (χ1n) is 6.87. The van der Waals surface area contributed by atoms with Crippen molar-refractivity contribution in [3.63, 3.8) is 0 Å². The van der Waals surface area contributed by atoms with Crippen molar-refractivity contribution in [1.29, 1.82) is 0 Å². The maximum atomic E-state index is 12.2. The summed E-state index contributed by atoms with van der Waals surface area (Å²) in [5.74, 6) is -0.210. The van der Waals surface area contributed by atoms with E-state index in [0.29, 0.717) is 12.8 Å². The summed E-state index contributed by atoms with van der Waals surface area (Å²) in [5, 5.41) is 8.77. The lowest BCUT2D eigenvalue weighted by Crippen LogP contribution is -2.62. The number of hydrogen-bond acceptors (Lipinski definition) is 3. The van der Waals surface area contributed by atoms with E-state index in [-0.39, 0.29) is 23.5 Å². The molecule has 3 rings (SSSR count). The molecule has 3 amide bonds. The molecule has 5 nitrogen and oxygen atoms in total. The molecule has 2 aliphatic heterocycles. The summed E-state index contributed by atoms with van der Waals surface area (Å²) in [6, 6.07) is 9.68.